The van der Waals surface area contributed by atoms with Gasteiger partial charge in [-0.1, -0.05) is 12.1 Å². The smallest absolute Gasteiger partial charge is 0.243 e. The van der Waals surface area contributed by atoms with E-state index in [-0.39, 0.29) is 42.0 Å². The Hall–Kier alpha value is -2.16. The molecule has 2 aliphatic heterocycles. The van der Waals surface area contributed by atoms with Crippen molar-refractivity contribution >= 4 is 11.8 Å². The van der Waals surface area contributed by atoms with Crippen LogP contribution in [0.3, 0.4) is 0 Å². The zero-order chi connectivity index (χ0) is 25.8. The van der Waals surface area contributed by atoms with Crippen LogP contribution in [0, 0.1) is 5.92 Å². The van der Waals surface area contributed by atoms with Gasteiger partial charge in [-0.25, -0.2) is 0 Å². The largest absolute Gasteiger partial charge is 0.497 e. The molecular weight excluding hydrogens is 468 g/mol. The fourth-order valence-electron chi connectivity index (χ4n) is 6.27. The molecule has 0 aromatic heterocycles. The Balaban J connectivity index is 1.31. The first kappa shape index (κ1) is 26.4. The molecule has 3 atom stereocenters. The molecule has 1 aromatic carbocycles. The van der Waals surface area contributed by atoms with Gasteiger partial charge in [0.2, 0.25) is 11.8 Å². The number of nitrogens with two attached hydrogens (primary N) is 1. The lowest BCUT2D eigenvalue weighted by Gasteiger charge is -2.44. The maximum atomic E-state index is 13.7. The van der Waals surface area contributed by atoms with Gasteiger partial charge < -0.3 is 25.4 Å². The van der Waals surface area contributed by atoms with E-state index in [0.717, 1.165) is 83.2 Å². The molecule has 2 saturated heterocycles. The minimum atomic E-state index is -0.412. The van der Waals surface area contributed by atoms with Crippen molar-refractivity contribution < 1.29 is 19.1 Å². The molecule has 8 heteroatoms. The fraction of sp³-hybridized carbons (Fsp3) is 0.724. The number of carbonyl (C=O) groups excluding carboxylic acids is 2. The predicted molar refractivity (Wildman–Crippen MR) is 142 cm³/mol. The Labute approximate surface area is 221 Å². The number of rotatable bonds is 9. The van der Waals surface area contributed by atoms with Crippen molar-refractivity contribution in [3.63, 3.8) is 0 Å². The summed E-state index contributed by atoms with van der Waals surface area (Å²) in [5.74, 6) is 1.15. The van der Waals surface area contributed by atoms with Crippen LogP contribution in [0.2, 0.25) is 0 Å². The van der Waals surface area contributed by atoms with Crippen LogP contribution in [0.25, 0.3) is 0 Å². The van der Waals surface area contributed by atoms with Crippen LogP contribution in [-0.2, 0) is 20.9 Å². The number of nitrogens with one attached hydrogen (secondary N) is 1. The molecule has 1 aromatic rings. The third kappa shape index (κ3) is 6.84. The fourth-order valence-corrected chi connectivity index (χ4v) is 6.27. The highest BCUT2D eigenvalue weighted by molar-refractivity contribution is 5.89. The zero-order valence-electron chi connectivity index (χ0n) is 22.3. The van der Waals surface area contributed by atoms with Crippen molar-refractivity contribution in [2.24, 2.45) is 11.7 Å². The van der Waals surface area contributed by atoms with E-state index in [1.807, 2.05) is 17.0 Å². The summed E-state index contributed by atoms with van der Waals surface area (Å²) in [4.78, 5) is 31.3. The molecule has 3 N–H and O–H groups in total. The first-order valence-electron chi connectivity index (χ1n) is 14.3. The molecule has 2 saturated carbocycles. The van der Waals surface area contributed by atoms with Crippen LogP contribution in [0.4, 0.5) is 0 Å². The van der Waals surface area contributed by atoms with E-state index < -0.39 is 6.04 Å². The third-order valence-corrected chi connectivity index (χ3v) is 8.73. The number of hydrogen-bond acceptors (Lipinski definition) is 6. The Kier molecular flexibility index (Phi) is 8.67. The Morgan fingerprint density at radius 1 is 1.08 bits per heavy atom. The number of benzene rings is 1. The molecule has 0 bridgehead atoms. The van der Waals surface area contributed by atoms with Crippen molar-refractivity contribution in [3.8, 4) is 5.75 Å². The first-order valence-corrected chi connectivity index (χ1v) is 14.3. The Morgan fingerprint density at radius 3 is 2.49 bits per heavy atom. The lowest BCUT2D eigenvalue weighted by Crippen LogP contribution is -2.59. The molecule has 2 amide bonds. The van der Waals surface area contributed by atoms with Gasteiger partial charge in [-0.3, -0.25) is 14.5 Å². The van der Waals surface area contributed by atoms with Gasteiger partial charge in [-0.2, -0.15) is 0 Å². The highest BCUT2D eigenvalue weighted by atomic mass is 16.5. The van der Waals surface area contributed by atoms with Gasteiger partial charge in [-0.15, -0.1) is 0 Å². The summed E-state index contributed by atoms with van der Waals surface area (Å²) in [7, 11) is 1.68. The van der Waals surface area contributed by atoms with Crippen LogP contribution in [0.1, 0.15) is 69.8 Å². The van der Waals surface area contributed by atoms with E-state index in [1.54, 1.807) is 7.11 Å². The molecule has 0 radical (unpaired) electrons. The number of likely N-dealkylation sites (tertiary alicyclic amines) is 1. The number of ether oxygens (including phenoxy) is 2. The average molecular weight is 513 g/mol. The van der Waals surface area contributed by atoms with E-state index in [0.29, 0.717) is 13.0 Å². The predicted octanol–water partition coefficient (Wildman–Crippen LogP) is 2.83. The summed E-state index contributed by atoms with van der Waals surface area (Å²) in [6.45, 7) is 3.10. The number of piperidine rings is 1. The summed E-state index contributed by atoms with van der Waals surface area (Å²) in [6.07, 6.45) is 9.58. The van der Waals surface area contributed by atoms with Crippen LogP contribution >= 0.6 is 0 Å². The van der Waals surface area contributed by atoms with Crippen molar-refractivity contribution in [1.29, 1.82) is 0 Å². The van der Waals surface area contributed by atoms with E-state index in [4.69, 9.17) is 15.2 Å². The summed E-state index contributed by atoms with van der Waals surface area (Å²) >= 11 is 0. The summed E-state index contributed by atoms with van der Waals surface area (Å²) < 4.78 is 11.4. The topological polar surface area (TPSA) is 97.1 Å². The molecule has 0 spiro atoms. The molecule has 204 valence electrons. The van der Waals surface area contributed by atoms with Crippen molar-refractivity contribution in [2.45, 2.75) is 101 Å². The molecular formula is C29H44N4O4. The first-order chi connectivity index (χ1) is 18.0. The van der Waals surface area contributed by atoms with Crippen LogP contribution in [0.5, 0.6) is 5.75 Å². The second-order valence-corrected chi connectivity index (χ2v) is 11.5. The second-order valence-electron chi connectivity index (χ2n) is 11.5. The molecule has 2 aliphatic carbocycles. The van der Waals surface area contributed by atoms with Gasteiger partial charge in [-0.05, 0) is 81.9 Å². The second kappa shape index (κ2) is 12.1. The van der Waals surface area contributed by atoms with Gasteiger partial charge in [0, 0.05) is 50.3 Å². The van der Waals surface area contributed by atoms with Crippen molar-refractivity contribution in [2.75, 3.05) is 26.8 Å². The van der Waals surface area contributed by atoms with E-state index in [1.165, 1.54) is 5.56 Å². The quantitative estimate of drug-likeness (QED) is 0.528. The SMILES string of the molecule is COc1ccc(CN(CC2CCCO2)C2CCN(C(=O)C3CC3)[C@@H](C(=O)NC3CCC(N)CC3)C2)cc1. The summed E-state index contributed by atoms with van der Waals surface area (Å²) in [5, 5.41) is 3.30. The Bertz CT molecular complexity index is 907. The number of hydrogen-bond donors (Lipinski definition) is 2. The monoisotopic (exact) mass is 512 g/mol. The van der Waals surface area contributed by atoms with Crippen LogP contribution in [0.15, 0.2) is 24.3 Å². The van der Waals surface area contributed by atoms with Crippen molar-refractivity contribution in [3.05, 3.63) is 29.8 Å². The minimum absolute atomic E-state index is 0.0145. The molecule has 37 heavy (non-hydrogen) atoms. The molecule has 5 rings (SSSR count). The molecule has 8 nitrogen and oxygen atoms in total. The minimum Gasteiger partial charge on any atom is -0.497 e. The van der Waals surface area contributed by atoms with Gasteiger partial charge >= 0.3 is 0 Å². The van der Waals surface area contributed by atoms with Gasteiger partial charge in [0.05, 0.1) is 13.2 Å². The van der Waals surface area contributed by atoms with Crippen LogP contribution in [-0.4, -0.2) is 78.7 Å². The highest BCUT2D eigenvalue weighted by Gasteiger charge is 2.43. The normalized spacial score (nSPS) is 30.4. The molecule has 2 unspecified atom stereocenters. The zero-order valence-corrected chi connectivity index (χ0v) is 22.3. The number of amides is 2. The maximum Gasteiger partial charge on any atom is 0.243 e. The van der Waals surface area contributed by atoms with Gasteiger partial charge in [0.25, 0.3) is 0 Å². The summed E-state index contributed by atoms with van der Waals surface area (Å²) in [5.41, 5.74) is 7.30. The average Bonchev–Trinajstić information content (AvgIpc) is 3.65. The van der Waals surface area contributed by atoms with E-state index in [2.05, 4.69) is 22.3 Å². The number of carbonyl (C=O) groups is 2. The van der Waals surface area contributed by atoms with E-state index >= 15 is 0 Å². The molecule has 4 aliphatic rings. The lowest BCUT2D eigenvalue weighted by atomic mass is 9.90. The highest BCUT2D eigenvalue weighted by Crippen LogP contribution is 2.35. The maximum absolute atomic E-state index is 13.7. The number of methoxy groups -OCH3 is 1. The summed E-state index contributed by atoms with van der Waals surface area (Å²) in [6, 6.07) is 8.44. The lowest BCUT2D eigenvalue weighted by molar-refractivity contribution is -0.145. The number of nitrogens with zero attached hydrogens (tertiary/aromatic N) is 2. The third-order valence-electron chi connectivity index (χ3n) is 8.73. The van der Waals surface area contributed by atoms with Gasteiger partial charge in [0.15, 0.2) is 0 Å². The standard InChI is InChI=1S/C29H44N4O4/c1-36-25-12-4-20(5-13-25)18-32(19-26-3-2-16-37-26)24-14-15-33(29(35)21-6-7-21)27(17-24)28(34)31-23-10-8-22(30)9-11-23/h4-5,12-13,21-24,26-27H,2-3,6-11,14-19,30H2,1H3,(H,31,34)/t22?,23?,24?,26?,27-/m1/s1. The molecule has 4 fully saturated rings. The van der Waals surface area contributed by atoms with E-state index in [9.17, 15) is 9.59 Å². The van der Waals surface area contributed by atoms with Gasteiger partial charge in [0.1, 0.15) is 11.8 Å². The molecule has 2 heterocycles. The Morgan fingerprint density at radius 2 is 1.84 bits per heavy atom. The van der Waals surface area contributed by atoms with Crippen LogP contribution < -0.4 is 15.8 Å². The van der Waals surface area contributed by atoms with Crippen molar-refractivity contribution in [1.82, 2.24) is 15.1 Å².